The molecule has 0 radical (unpaired) electrons. The lowest BCUT2D eigenvalue weighted by atomic mass is 9.94. The highest BCUT2D eigenvalue weighted by Gasteiger charge is 2.27. The molecule has 0 atom stereocenters. The van der Waals surface area contributed by atoms with Crippen LogP contribution in [0.25, 0.3) is 0 Å². The molecule has 18 heavy (non-hydrogen) atoms. The van der Waals surface area contributed by atoms with Gasteiger partial charge in [0.25, 0.3) is 0 Å². The van der Waals surface area contributed by atoms with Crippen LogP contribution >= 0.6 is 0 Å². The summed E-state index contributed by atoms with van der Waals surface area (Å²) in [7, 11) is 0. The molecule has 4 heteroatoms. The van der Waals surface area contributed by atoms with E-state index in [1.807, 2.05) is 13.8 Å². The Balaban J connectivity index is 2.67. The van der Waals surface area contributed by atoms with Gasteiger partial charge >= 0.3 is 0 Å². The van der Waals surface area contributed by atoms with Crippen molar-refractivity contribution in [3.05, 3.63) is 35.6 Å². The lowest BCUT2D eigenvalue weighted by Gasteiger charge is -2.24. The van der Waals surface area contributed by atoms with Crippen LogP contribution in [0.4, 0.5) is 4.39 Å². The molecule has 1 rings (SSSR count). The minimum Gasteiger partial charge on any atom is -0.338 e. The van der Waals surface area contributed by atoms with E-state index in [-0.39, 0.29) is 18.1 Å². The highest BCUT2D eigenvalue weighted by atomic mass is 19.1. The highest BCUT2D eigenvalue weighted by molar-refractivity contribution is 5.79. The molecule has 0 fully saturated rings. The number of nitriles is 1. The SMILES string of the molecule is CCC(C#N)(CC)NC(=O)Cc1ccc(F)cc1. The second kappa shape index (κ2) is 6.15. The molecule has 0 bridgehead atoms. The molecule has 1 aromatic rings. The standard InChI is InChI=1S/C14H17FN2O/c1-3-14(4-2,10-16)17-13(18)9-11-5-7-12(15)8-6-11/h5-8H,3-4,9H2,1-2H3,(H,17,18). The van der Waals surface area contributed by atoms with Crippen molar-refractivity contribution >= 4 is 5.91 Å². The van der Waals surface area contributed by atoms with Crippen molar-refractivity contribution in [3.63, 3.8) is 0 Å². The molecule has 0 aliphatic carbocycles. The molecule has 0 aromatic heterocycles. The summed E-state index contributed by atoms with van der Waals surface area (Å²) in [6.07, 6.45) is 1.29. The summed E-state index contributed by atoms with van der Waals surface area (Å²) >= 11 is 0. The fourth-order valence-electron chi connectivity index (χ4n) is 1.71. The van der Waals surface area contributed by atoms with Gasteiger partial charge in [0.1, 0.15) is 11.4 Å². The molecule has 0 aliphatic rings. The normalized spacial score (nSPS) is 10.8. The Morgan fingerprint density at radius 2 is 1.89 bits per heavy atom. The fraction of sp³-hybridized carbons (Fsp3) is 0.429. The number of hydrogen-bond acceptors (Lipinski definition) is 2. The first kappa shape index (κ1) is 14.2. The second-order valence-corrected chi connectivity index (χ2v) is 4.25. The molecular formula is C14H17FN2O. The van der Waals surface area contributed by atoms with Crippen LogP contribution < -0.4 is 5.32 Å². The minimum absolute atomic E-state index is 0.156. The first-order chi connectivity index (χ1) is 8.55. The third kappa shape index (κ3) is 3.56. The van der Waals surface area contributed by atoms with Gasteiger partial charge in [0.15, 0.2) is 0 Å². The Morgan fingerprint density at radius 3 is 2.33 bits per heavy atom. The van der Waals surface area contributed by atoms with Gasteiger partial charge < -0.3 is 5.32 Å². The average Bonchev–Trinajstić information content (AvgIpc) is 2.39. The van der Waals surface area contributed by atoms with E-state index in [1.165, 1.54) is 12.1 Å². The lowest BCUT2D eigenvalue weighted by Crippen LogP contribution is -2.47. The van der Waals surface area contributed by atoms with Gasteiger partial charge in [-0.1, -0.05) is 26.0 Å². The van der Waals surface area contributed by atoms with E-state index in [9.17, 15) is 9.18 Å². The predicted octanol–water partition coefficient (Wildman–Crippen LogP) is 2.57. The van der Waals surface area contributed by atoms with E-state index in [1.54, 1.807) is 12.1 Å². The molecule has 0 unspecified atom stereocenters. The number of nitrogens with one attached hydrogen (secondary N) is 1. The van der Waals surface area contributed by atoms with Gasteiger partial charge in [0, 0.05) is 0 Å². The van der Waals surface area contributed by atoms with Gasteiger partial charge in [-0.15, -0.1) is 0 Å². The molecular weight excluding hydrogens is 231 g/mol. The van der Waals surface area contributed by atoms with Crippen molar-refractivity contribution in [3.8, 4) is 6.07 Å². The summed E-state index contributed by atoms with van der Waals surface area (Å²) in [5.41, 5.74) is -0.0650. The average molecular weight is 248 g/mol. The van der Waals surface area contributed by atoms with Crippen molar-refractivity contribution in [1.29, 1.82) is 5.26 Å². The number of amides is 1. The van der Waals surface area contributed by atoms with E-state index >= 15 is 0 Å². The maximum absolute atomic E-state index is 12.7. The van der Waals surface area contributed by atoms with Crippen molar-refractivity contribution in [1.82, 2.24) is 5.32 Å². The number of nitrogens with zero attached hydrogens (tertiary/aromatic N) is 1. The zero-order valence-electron chi connectivity index (χ0n) is 10.7. The van der Waals surface area contributed by atoms with Gasteiger partial charge in [-0.3, -0.25) is 4.79 Å². The Kier molecular flexibility index (Phi) is 4.85. The number of rotatable bonds is 5. The zero-order valence-corrected chi connectivity index (χ0v) is 10.7. The summed E-state index contributed by atoms with van der Waals surface area (Å²) in [6.45, 7) is 3.73. The van der Waals surface area contributed by atoms with E-state index in [0.717, 1.165) is 5.56 Å². The Hall–Kier alpha value is -1.89. The maximum Gasteiger partial charge on any atom is 0.225 e. The summed E-state index contributed by atoms with van der Waals surface area (Å²) in [6, 6.07) is 7.93. The minimum atomic E-state index is -0.795. The number of carbonyl (C=O) groups excluding carboxylic acids is 1. The van der Waals surface area contributed by atoms with Crippen LogP contribution in [-0.4, -0.2) is 11.4 Å². The largest absolute Gasteiger partial charge is 0.338 e. The Morgan fingerprint density at radius 1 is 1.33 bits per heavy atom. The summed E-state index contributed by atoms with van der Waals surface area (Å²) < 4.78 is 12.7. The second-order valence-electron chi connectivity index (χ2n) is 4.25. The van der Waals surface area contributed by atoms with Crippen LogP contribution in [-0.2, 0) is 11.2 Å². The van der Waals surface area contributed by atoms with Crippen LogP contribution in [0.5, 0.6) is 0 Å². The topological polar surface area (TPSA) is 52.9 Å². The molecule has 1 N–H and O–H groups in total. The van der Waals surface area contributed by atoms with E-state index < -0.39 is 5.54 Å². The van der Waals surface area contributed by atoms with Crippen molar-refractivity contribution in [2.75, 3.05) is 0 Å². The molecule has 96 valence electrons. The zero-order chi connectivity index (χ0) is 13.6. The van der Waals surface area contributed by atoms with Crippen molar-refractivity contribution in [2.24, 2.45) is 0 Å². The quantitative estimate of drug-likeness (QED) is 0.870. The fourth-order valence-corrected chi connectivity index (χ4v) is 1.71. The summed E-state index contributed by atoms with van der Waals surface area (Å²) in [5.74, 6) is -0.542. The molecule has 0 saturated carbocycles. The molecule has 0 heterocycles. The Bertz CT molecular complexity index is 444. The van der Waals surface area contributed by atoms with Crippen LogP contribution in [0.2, 0.25) is 0 Å². The van der Waals surface area contributed by atoms with Crippen LogP contribution in [0.15, 0.2) is 24.3 Å². The third-order valence-corrected chi connectivity index (χ3v) is 3.08. The van der Waals surface area contributed by atoms with Gasteiger partial charge in [-0.2, -0.15) is 5.26 Å². The van der Waals surface area contributed by atoms with Crippen LogP contribution in [0, 0.1) is 17.1 Å². The number of benzene rings is 1. The van der Waals surface area contributed by atoms with Crippen LogP contribution in [0.3, 0.4) is 0 Å². The molecule has 0 aliphatic heterocycles. The van der Waals surface area contributed by atoms with E-state index in [0.29, 0.717) is 12.8 Å². The third-order valence-electron chi connectivity index (χ3n) is 3.08. The molecule has 0 saturated heterocycles. The first-order valence-electron chi connectivity index (χ1n) is 6.02. The maximum atomic E-state index is 12.7. The smallest absolute Gasteiger partial charge is 0.225 e. The number of halogens is 1. The summed E-state index contributed by atoms with van der Waals surface area (Å²) in [4.78, 5) is 11.8. The van der Waals surface area contributed by atoms with Gasteiger partial charge in [-0.05, 0) is 30.5 Å². The summed E-state index contributed by atoms with van der Waals surface area (Å²) in [5, 5.41) is 11.9. The van der Waals surface area contributed by atoms with Crippen LogP contribution in [0.1, 0.15) is 32.3 Å². The van der Waals surface area contributed by atoms with Crippen molar-refractivity contribution in [2.45, 2.75) is 38.6 Å². The molecule has 1 aromatic carbocycles. The van der Waals surface area contributed by atoms with E-state index in [4.69, 9.17) is 5.26 Å². The van der Waals surface area contributed by atoms with Gasteiger partial charge in [0.2, 0.25) is 5.91 Å². The van der Waals surface area contributed by atoms with Crippen molar-refractivity contribution < 1.29 is 9.18 Å². The monoisotopic (exact) mass is 248 g/mol. The lowest BCUT2D eigenvalue weighted by molar-refractivity contribution is -0.121. The first-order valence-corrected chi connectivity index (χ1v) is 6.02. The van der Waals surface area contributed by atoms with Gasteiger partial charge in [-0.25, -0.2) is 4.39 Å². The molecule has 0 spiro atoms. The highest BCUT2D eigenvalue weighted by Crippen LogP contribution is 2.14. The Labute approximate surface area is 107 Å². The predicted molar refractivity (Wildman–Crippen MR) is 67.2 cm³/mol. The molecule has 1 amide bonds. The van der Waals surface area contributed by atoms with E-state index in [2.05, 4.69) is 11.4 Å². The van der Waals surface area contributed by atoms with Gasteiger partial charge in [0.05, 0.1) is 12.5 Å². The number of carbonyl (C=O) groups is 1. The molecule has 3 nitrogen and oxygen atoms in total. The number of hydrogen-bond donors (Lipinski definition) is 1.